The third-order valence-corrected chi connectivity index (χ3v) is 8.06. The van der Waals surface area contributed by atoms with Crippen LogP contribution in [0, 0.1) is 11.7 Å². The molecule has 3 amide bonds. The van der Waals surface area contributed by atoms with Gasteiger partial charge in [0.25, 0.3) is 0 Å². The van der Waals surface area contributed by atoms with Crippen molar-refractivity contribution < 1.29 is 18.7 Å². The van der Waals surface area contributed by atoms with Gasteiger partial charge < -0.3 is 9.30 Å². The minimum Gasteiger partial charge on any atom is -0.486 e. The van der Waals surface area contributed by atoms with Gasteiger partial charge in [-0.1, -0.05) is 29.8 Å². The van der Waals surface area contributed by atoms with Crippen molar-refractivity contribution in [2.45, 2.75) is 44.9 Å². The second-order valence-electron chi connectivity index (χ2n) is 10.4. The number of para-hydroxylation sites is 1. The van der Waals surface area contributed by atoms with Crippen molar-refractivity contribution >= 4 is 29.4 Å². The smallest absolute Gasteiger partial charge is 0.329 e. The van der Waals surface area contributed by atoms with Crippen molar-refractivity contribution in [2.75, 3.05) is 18.0 Å². The molecule has 1 aromatic heterocycles. The first-order chi connectivity index (χ1) is 18.4. The van der Waals surface area contributed by atoms with Gasteiger partial charge in [-0.3, -0.25) is 19.9 Å². The first-order valence-electron chi connectivity index (χ1n) is 12.9. The normalized spacial score (nSPS) is 21.6. The summed E-state index contributed by atoms with van der Waals surface area (Å²) in [5, 5.41) is 2.68. The molecule has 2 aromatic carbocycles. The van der Waals surface area contributed by atoms with E-state index in [0.29, 0.717) is 23.3 Å². The minimum atomic E-state index is -0.419. The average molecular weight is 538 g/mol. The molecular formula is C28H29ClFN5O3. The minimum absolute atomic E-state index is 0.0244. The Morgan fingerprint density at radius 3 is 2.82 bits per heavy atom. The number of nitrogens with zero attached hydrogens (tertiary/aromatic N) is 4. The lowest BCUT2D eigenvalue weighted by atomic mass is 10.1. The molecule has 3 aromatic rings. The number of carbonyl (C=O) groups excluding carboxylic acids is 2. The van der Waals surface area contributed by atoms with Crippen molar-refractivity contribution in [3.8, 4) is 17.1 Å². The molecule has 1 aliphatic carbocycles. The van der Waals surface area contributed by atoms with Crippen LogP contribution in [0.15, 0.2) is 42.6 Å². The van der Waals surface area contributed by atoms with Gasteiger partial charge >= 0.3 is 6.03 Å². The number of nitrogens with one attached hydrogen (secondary N) is 1. The number of benzene rings is 2. The first kappa shape index (κ1) is 24.9. The summed E-state index contributed by atoms with van der Waals surface area (Å²) in [6.07, 6.45) is 4.74. The molecule has 1 N–H and O–H groups in total. The van der Waals surface area contributed by atoms with Crippen LogP contribution in [0.3, 0.4) is 0 Å². The number of aromatic nitrogens is 2. The summed E-state index contributed by atoms with van der Waals surface area (Å²) >= 11 is 6.14. The zero-order chi connectivity index (χ0) is 26.4. The second kappa shape index (κ2) is 10.0. The SMILES string of the molecule is Cn1c(N2CCC(=O)NC2=O)cnc1-c1ccc2c(c1)CN(C[C@H]1CC[C@@H](Oc3c(F)cccc3Cl)C1)C2. The Bertz CT molecular complexity index is 1390. The number of imide groups is 1. The average Bonchev–Trinajstić information content (AvgIpc) is 3.60. The van der Waals surface area contributed by atoms with Gasteiger partial charge in [0.2, 0.25) is 5.91 Å². The van der Waals surface area contributed by atoms with E-state index in [1.54, 1.807) is 23.2 Å². The zero-order valence-electron chi connectivity index (χ0n) is 21.1. The molecule has 3 aliphatic rings. The van der Waals surface area contributed by atoms with Gasteiger partial charge in [0.05, 0.1) is 17.3 Å². The highest BCUT2D eigenvalue weighted by Crippen LogP contribution is 2.36. The van der Waals surface area contributed by atoms with E-state index in [2.05, 4.69) is 33.4 Å². The molecule has 10 heteroatoms. The number of amides is 3. The van der Waals surface area contributed by atoms with Gasteiger partial charge in [0.1, 0.15) is 11.6 Å². The number of anilines is 1. The number of hydrogen-bond donors (Lipinski definition) is 1. The van der Waals surface area contributed by atoms with E-state index in [4.69, 9.17) is 16.3 Å². The number of urea groups is 1. The molecule has 198 valence electrons. The maximum Gasteiger partial charge on any atom is 0.329 e. The fraction of sp³-hybridized carbons (Fsp3) is 0.393. The monoisotopic (exact) mass is 537 g/mol. The molecule has 2 fully saturated rings. The number of halogens is 2. The zero-order valence-corrected chi connectivity index (χ0v) is 21.9. The maximum atomic E-state index is 14.1. The molecule has 1 saturated carbocycles. The van der Waals surface area contributed by atoms with Gasteiger partial charge in [-0.25, -0.2) is 14.2 Å². The highest BCUT2D eigenvalue weighted by Gasteiger charge is 2.31. The summed E-state index contributed by atoms with van der Waals surface area (Å²) in [5.74, 6) is 1.40. The molecular weight excluding hydrogens is 509 g/mol. The molecule has 0 bridgehead atoms. The van der Waals surface area contributed by atoms with Gasteiger partial charge in [-0.05, 0) is 54.5 Å². The lowest BCUT2D eigenvalue weighted by molar-refractivity contribution is -0.120. The Morgan fingerprint density at radius 1 is 1.16 bits per heavy atom. The lowest BCUT2D eigenvalue weighted by Crippen LogP contribution is -2.50. The lowest BCUT2D eigenvalue weighted by Gasteiger charge is -2.26. The summed E-state index contributed by atoms with van der Waals surface area (Å²) in [6, 6.07) is 10.6. The molecule has 0 unspecified atom stereocenters. The van der Waals surface area contributed by atoms with Gasteiger partial charge in [-0.15, -0.1) is 0 Å². The van der Waals surface area contributed by atoms with Crippen LogP contribution in [-0.2, 0) is 24.9 Å². The predicted molar refractivity (Wildman–Crippen MR) is 141 cm³/mol. The fourth-order valence-electron chi connectivity index (χ4n) is 5.86. The standard InChI is InChI=1S/C28H29ClFN5O3/c1-33-25(35-10-9-24(36)32-28(35)37)13-31-27(33)18-6-7-19-15-34(16-20(19)12-18)14-17-5-8-21(11-17)38-26-22(29)3-2-4-23(26)30/h2-4,6-7,12-13,17,21H,5,8-11,14-16H2,1H3,(H,32,36,37)/t17-,21+/m0/s1. The molecule has 1 saturated heterocycles. The summed E-state index contributed by atoms with van der Waals surface area (Å²) in [7, 11) is 1.88. The Balaban J connectivity index is 1.09. The van der Waals surface area contributed by atoms with E-state index in [0.717, 1.165) is 50.3 Å². The summed E-state index contributed by atoms with van der Waals surface area (Å²) in [4.78, 5) is 32.4. The number of ether oxygens (including phenoxy) is 1. The van der Waals surface area contributed by atoms with Gasteiger partial charge in [0, 0.05) is 45.2 Å². The highest BCUT2D eigenvalue weighted by atomic mass is 35.5. The van der Waals surface area contributed by atoms with E-state index >= 15 is 0 Å². The van der Waals surface area contributed by atoms with Gasteiger partial charge in [0.15, 0.2) is 11.6 Å². The van der Waals surface area contributed by atoms with E-state index in [1.165, 1.54) is 17.2 Å². The molecule has 6 rings (SSSR count). The van der Waals surface area contributed by atoms with Crippen LogP contribution in [0.1, 0.15) is 36.8 Å². The number of fused-ring (bicyclic) bond motifs is 1. The summed E-state index contributed by atoms with van der Waals surface area (Å²) < 4.78 is 22.0. The van der Waals surface area contributed by atoms with E-state index in [1.807, 2.05) is 11.6 Å². The van der Waals surface area contributed by atoms with E-state index in [9.17, 15) is 14.0 Å². The number of hydrogen-bond acceptors (Lipinski definition) is 5. The molecule has 0 spiro atoms. The third-order valence-electron chi connectivity index (χ3n) is 7.76. The van der Waals surface area contributed by atoms with Crippen molar-refractivity contribution in [1.29, 1.82) is 0 Å². The molecule has 8 nitrogen and oxygen atoms in total. The highest BCUT2D eigenvalue weighted by molar-refractivity contribution is 6.32. The molecule has 2 aliphatic heterocycles. The Hall–Kier alpha value is -3.43. The molecule has 0 radical (unpaired) electrons. The number of rotatable bonds is 6. The van der Waals surface area contributed by atoms with E-state index in [-0.39, 0.29) is 24.2 Å². The molecule has 3 heterocycles. The van der Waals surface area contributed by atoms with Crippen LogP contribution in [-0.4, -0.2) is 45.6 Å². The summed E-state index contributed by atoms with van der Waals surface area (Å²) in [6.45, 7) is 3.05. The van der Waals surface area contributed by atoms with Crippen molar-refractivity contribution in [3.05, 3.63) is 64.6 Å². The Morgan fingerprint density at radius 2 is 2.00 bits per heavy atom. The second-order valence-corrected chi connectivity index (χ2v) is 10.8. The number of imidazole rings is 1. The largest absolute Gasteiger partial charge is 0.486 e. The van der Waals surface area contributed by atoms with Crippen LogP contribution in [0.4, 0.5) is 15.0 Å². The van der Waals surface area contributed by atoms with Crippen LogP contribution in [0.25, 0.3) is 11.4 Å². The van der Waals surface area contributed by atoms with E-state index < -0.39 is 11.8 Å². The van der Waals surface area contributed by atoms with Gasteiger partial charge in [-0.2, -0.15) is 0 Å². The Kier molecular flexibility index (Phi) is 6.57. The van der Waals surface area contributed by atoms with Crippen LogP contribution >= 0.6 is 11.6 Å². The molecule has 2 atom stereocenters. The van der Waals surface area contributed by atoms with Crippen LogP contribution < -0.4 is 15.0 Å². The predicted octanol–water partition coefficient (Wildman–Crippen LogP) is 4.89. The van der Waals surface area contributed by atoms with Crippen LogP contribution in [0.5, 0.6) is 5.75 Å². The Labute approximate surface area is 225 Å². The topological polar surface area (TPSA) is 79.7 Å². The quantitative estimate of drug-likeness (QED) is 0.484. The fourth-order valence-corrected chi connectivity index (χ4v) is 6.07. The number of carbonyl (C=O) groups is 2. The maximum absolute atomic E-state index is 14.1. The third kappa shape index (κ3) is 4.76. The molecule has 38 heavy (non-hydrogen) atoms. The van der Waals surface area contributed by atoms with Crippen molar-refractivity contribution in [1.82, 2.24) is 19.8 Å². The van der Waals surface area contributed by atoms with Crippen LogP contribution in [0.2, 0.25) is 5.02 Å². The summed E-state index contributed by atoms with van der Waals surface area (Å²) in [5.41, 5.74) is 3.57. The van der Waals surface area contributed by atoms with Crippen molar-refractivity contribution in [3.63, 3.8) is 0 Å². The van der Waals surface area contributed by atoms with Crippen molar-refractivity contribution in [2.24, 2.45) is 13.0 Å². The first-order valence-corrected chi connectivity index (χ1v) is 13.3.